The number of benzene rings is 1. The van der Waals surface area contributed by atoms with Gasteiger partial charge in [-0.1, -0.05) is 12.1 Å². The molecule has 24 heavy (non-hydrogen) atoms. The molecule has 2 aromatic rings. The van der Waals surface area contributed by atoms with E-state index < -0.39 is 11.9 Å². The maximum Gasteiger partial charge on any atom is 0.239 e. The van der Waals surface area contributed by atoms with Crippen LogP contribution in [0.2, 0.25) is 0 Å². The van der Waals surface area contributed by atoms with Crippen LogP contribution in [0.1, 0.15) is 24.4 Å². The first-order chi connectivity index (χ1) is 11.6. The van der Waals surface area contributed by atoms with Gasteiger partial charge in [-0.25, -0.2) is 4.39 Å². The Morgan fingerprint density at radius 1 is 1.38 bits per heavy atom. The summed E-state index contributed by atoms with van der Waals surface area (Å²) >= 11 is 0. The summed E-state index contributed by atoms with van der Waals surface area (Å²) in [5.41, 5.74) is 6.17. The Morgan fingerprint density at radius 3 is 2.83 bits per heavy atom. The lowest BCUT2D eigenvalue weighted by molar-refractivity contribution is -0.120. The van der Waals surface area contributed by atoms with Crippen LogP contribution in [0.25, 0.3) is 0 Å². The van der Waals surface area contributed by atoms with Gasteiger partial charge < -0.3 is 16.0 Å². The molecular formula is C17H20FN5O. The van der Waals surface area contributed by atoms with Crippen molar-refractivity contribution in [3.05, 3.63) is 54.0 Å². The largest absolute Gasteiger partial charge is 0.368 e. The maximum absolute atomic E-state index is 13.1. The molecule has 1 aliphatic rings. The van der Waals surface area contributed by atoms with Gasteiger partial charge >= 0.3 is 0 Å². The summed E-state index contributed by atoms with van der Waals surface area (Å²) in [4.78, 5) is 14.0. The summed E-state index contributed by atoms with van der Waals surface area (Å²) in [5.74, 6) is 0.0106. The van der Waals surface area contributed by atoms with E-state index in [0.29, 0.717) is 12.1 Å². The molecule has 1 amide bonds. The number of carbonyl (C=O) groups is 1. The number of nitrogens with one attached hydrogen (secondary N) is 1. The van der Waals surface area contributed by atoms with Gasteiger partial charge in [-0.15, -0.1) is 5.10 Å². The van der Waals surface area contributed by atoms with Crippen LogP contribution < -0.4 is 16.0 Å². The van der Waals surface area contributed by atoms with E-state index in [1.54, 1.807) is 18.3 Å². The van der Waals surface area contributed by atoms with Crippen LogP contribution in [0.4, 0.5) is 10.2 Å². The van der Waals surface area contributed by atoms with Crippen molar-refractivity contribution in [1.82, 2.24) is 15.5 Å². The average molecular weight is 329 g/mol. The first kappa shape index (κ1) is 16.3. The molecule has 1 aromatic carbocycles. The molecule has 0 radical (unpaired) electrons. The lowest BCUT2D eigenvalue weighted by Crippen LogP contribution is -2.43. The van der Waals surface area contributed by atoms with Crippen LogP contribution in [-0.4, -0.2) is 35.2 Å². The molecule has 1 saturated heterocycles. The van der Waals surface area contributed by atoms with Crippen LogP contribution in [-0.2, 0) is 4.79 Å². The molecule has 1 aliphatic heterocycles. The van der Waals surface area contributed by atoms with E-state index in [0.717, 1.165) is 25.2 Å². The third-order valence-corrected chi connectivity index (χ3v) is 4.28. The quantitative estimate of drug-likeness (QED) is 0.837. The Morgan fingerprint density at radius 2 is 2.17 bits per heavy atom. The molecule has 0 saturated carbocycles. The van der Waals surface area contributed by atoms with E-state index in [4.69, 9.17) is 5.73 Å². The molecule has 1 fully saturated rings. The van der Waals surface area contributed by atoms with E-state index in [9.17, 15) is 9.18 Å². The van der Waals surface area contributed by atoms with Crippen molar-refractivity contribution in [2.24, 2.45) is 5.73 Å². The number of hydrogen-bond acceptors (Lipinski definition) is 5. The van der Waals surface area contributed by atoms with Crippen molar-refractivity contribution >= 4 is 11.7 Å². The molecule has 3 rings (SSSR count). The molecule has 6 nitrogen and oxygen atoms in total. The standard InChI is InChI=1S/C17H20FN5O/c18-13-7-5-12(6-8-13)16(17(19)24)20-11-14-3-2-10-23(14)15-4-1-9-21-22-15/h1,4-9,14,16,20H,2-3,10-11H2,(H2,19,24)/t14-,16-/m1/s1. The second-order valence-electron chi connectivity index (χ2n) is 5.87. The highest BCUT2D eigenvalue weighted by atomic mass is 19.1. The number of primary amides is 1. The average Bonchev–Trinajstić information content (AvgIpc) is 3.06. The normalized spacial score (nSPS) is 18.5. The zero-order chi connectivity index (χ0) is 16.9. The molecule has 3 N–H and O–H groups in total. The van der Waals surface area contributed by atoms with Crippen LogP contribution in [0.15, 0.2) is 42.6 Å². The second-order valence-corrected chi connectivity index (χ2v) is 5.87. The molecule has 1 aromatic heterocycles. The Hall–Kier alpha value is -2.54. The SMILES string of the molecule is NC(=O)[C@H](NC[C@H]1CCCN1c1cccnn1)c1ccc(F)cc1. The number of aromatic nitrogens is 2. The van der Waals surface area contributed by atoms with E-state index in [2.05, 4.69) is 20.4 Å². The van der Waals surface area contributed by atoms with Crippen LogP contribution >= 0.6 is 0 Å². The van der Waals surface area contributed by atoms with Crippen molar-refractivity contribution in [1.29, 1.82) is 0 Å². The second kappa shape index (κ2) is 7.35. The fourth-order valence-electron chi connectivity index (χ4n) is 3.09. The highest BCUT2D eigenvalue weighted by Crippen LogP contribution is 2.23. The number of carbonyl (C=O) groups excluding carboxylic acids is 1. The molecule has 0 aliphatic carbocycles. The number of amides is 1. The Kier molecular flexibility index (Phi) is 5.00. The van der Waals surface area contributed by atoms with Gasteiger partial charge in [-0.05, 0) is 42.7 Å². The zero-order valence-corrected chi connectivity index (χ0v) is 13.2. The highest BCUT2D eigenvalue weighted by Gasteiger charge is 2.27. The fraction of sp³-hybridized carbons (Fsp3) is 0.353. The number of nitrogens with zero attached hydrogens (tertiary/aromatic N) is 3. The highest BCUT2D eigenvalue weighted by molar-refractivity contribution is 5.81. The molecule has 0 bridgehead atoms. The fourth-order valence-corrected chi connectivity index (χ4v) is 3.09. The van der Waals surface area contributed by atoms with Gasteiger partial charge in [-0.2, -0.15) is 5.10 Å². The molecule has 0 unspecified atom stereocenters. The monoisotopic (exact) mass is 329 g/mol. The third kappa shape index (κ3) is 3.68. The van der Waals surface area contributed by atoms with Gasteiger partial charge in [0.2, 0.25) is 5.91 Å². The van der Waals surface area contributed by atoms with Crippen molar-refractivity contribution < 1.29 is 9.18 Å². The van der Waals surface area contributed by atoms with Crippen LogP contribution in [0, 0.1) is 5.82 Å². The van der Waals surface area contributed by atoms with Gasteiger partial charge in [-0.3, -0.25) is 4.79 Å². The molecular weight excluding hydrogens is 309 g/mol. The van der Waals surface area contributed by atoms with Gasteiger partial charge in [0.25, 0.3) is 0 Å². The van der Waals surface area contributed by atoms with Gasteiger partial charge in [0.05, 0.1) is 0 Å². The summed E-state index contributed by atoms with van der Waals surface area (Å²) in [5, 5.41) is 11.3. The lowest BCUT2D eigenvalue weighted by Gasteiger charge is -2.27. The Labute approximate surface area is 139 Å². The van der Waals surface area contributed by atoms with Crippen LogP contribution in [0.5, 0.6) is 0 Å². The lowest BCUT2D eigenvalue weighted by atomic mass is 10.1. The summed E-state index contributed by atoms with van der Waals surface area (Å²) < 4.78 is 13.1. The van der Waals surface area contributed by atoms with Gasteiger partial charge in [0, 0.05) is 25.3 Å². The van der Waals surface area contributed by atoms with Gasteiger partial charge in [0.15, 0.2) is 5.82 Å². The predicted octanol–water partition coefficient (Wildman–Crippen LogP) is 1.40. The van der Waals surface area contributed by atoms with Crippen molar-refractivity contribution in [2.45, 2.75) is 24.9 Å². The number of halogens is 1. The van der Waals surface area contributed by atoms with Crippen LogP contribution in [0.3, 0.4) is 0 Å². The first-order valence-electron chi connectivity index (χ1n) is 7.97. The van der Waals surface area contributed by atoms with Crippen molar-refractivity contribution in [3.8, 4) is 0 Å². The minimum atomic E-state index is -0.644. The Balaban J connectivity index is 1.68. The molecule has 126 valence electrons. The molecule has 2 heterocycles. The van der Waals surface area contributed by atoms with E-state index >= 15 is 0 Å². The predicted molar refractivity (Wildman–Crippen MR) is 88.7 cm³/mol. The van der Waals surface area contributed by atoms with E-state index in [1.165, 1.54) is 12.1 Å². The Bertz CT molecular complexity index is 679. The summed E-state index contributed by atoms with van der Waals surface area (Å²) in [6.07, 6.45) is 3.70. The summed E-state index contributed by atoms with van der Waals surface area (Å²) in [6, 6.07) is 9.16. The van der Waals surface area contributed by atoms with Crippen molar-refractivity contribution in [2.75, 3.05) is 18.0 Å². The first-order valence-corrected chi connectivity index (χ1v) is 7.97. The minimum Gasteiger partial charge on any atom is -0.368 e. The third-order valence-electron chi connectivity index (χ3n) is 4.28. The van der Waals surface area contributed by atoms with Gasteiger partial charge in [0.1, 0.15) is 11.9 Å². The number of nitrogens with two attached hydrogens (primary N) is 1. The topological polar surface area (TPSA) is 84.1 Å². The smallest absolute Gasteiger partial charge is 0.239 e. The van der Waals surface area contributed by atoms with E-state index in [1.807, 2.05) is 12.1 Å². The number of anilines is 1. The number of hydrogen-bond donors (Lipinski definition) is 2. The summed E-state index contributed by atoms with van der Waals surface area (Å²) in [6.45, 7) is 1.49. The molecule has 7 heteroatoms. The molecule has 2 atom stereocenters. The van der Waals surface area contributed by atoms with Crippen molar-refractivity contribution in [3.63, 3.8) is 0 Å². The number of rotatable bonds is 6. The summed E-state index contributed by atoms with van der Waals surface area (Å²) in [7, 11) is 0. The maximum atomic E-state index is 13.1. The van der Waals surface area contributed by atoms with E-state index in [-0.39, 0.29) is 11.9 Å². The molecule has 0 spiro atoms. The zero-order valence-electron chi connectivity index (χ0n) is 13.2. The minimum absolute atomic E-state index is 0.212.